The summed E-state index contributed by atoms with van der Waals surface area (Å²) in [5, 5.41) is 3.11. The SMILES string of the molecule is CC.CNCC1CCCN1C(=O)OC(C)(C)C. The van der Waals surface area contributed by atoms with Gasteiger partial charge in [0.15, 0.2) is 0 Å². The van der Waals surface area contributed by atoms with Crippen molar-refractivity contribution in [2.45, 2.75) is 59.1 Å². The largest absolute Gasteiger partial charge is 0.444 e. The molecule has 1 aliphatic heterocycles. The number of amides is 1. The van der Waals surface area contributed by atoms with Gasteiger partial charge in [0.1, 0.15) is 5.60 Å². The van der Waals surface area contributed by atoms with E-state index < -0.39 is 5.60 Å². The molecule has 1 heterocycles. The van der Waals surface area contributed by atoms with Crippen molar-refractivity contribution >= 4 is 6.09 Å². The quantitative estimate of drug-likeness (QED) is 0.812. The van der Waals surface area contributed by atoms with Crippen LogP contribution in [0, 0.1) is 0 Å². The molecule has 0 bridgehead atoms. The van der Waals surface area contributed by atoms with Crippen LogP contribution in [0.2, 0.25) is 0 Å². The molecule has 0 spiro atoms. The minimum atomic E-state index is -0.399. The zero-order valence-electron chi connectivity index (χ0n) is 12.2. The Morgan fingerprint density at radius 3 is 2.47 bits per heavy atom. The molecule has 1 fully saturated rings. The third-order valence-electron chi connectivity index (χ3n) is 2.44. The second-order valence-corrected chi connectivity index (χ2v) is 5.03. The van der Waals surface area contributed by atoms with Gasteiger partial charge in [-0.2, -0.15) is 0 Å². The third kappa shape index (κ3) is 5.91. The van der Waals surface area contributed by atoms with E-state index in [-0.39, 0.29) is 6.09 Å². The molecule has 1 amide bonds. The van der Waals surface area contributed by atoms with Gasteiger partial charge in [0, 0.05) is 19.1 Å². The van der Waals surface area contributed by atoms with E-state index in [1.54, 1.807) is 0 Å². The molecule has 0 aromatic heterocycles. The molecule has 4 heteroatoms. The molecule has 1 N–H and O–H groups in total. The standard InChI is InChI=1S/C11H22N2O2.C2H6/c1-11(2,3)15-10(14)13-7-5-6-9(13)8-12-4;1-2/h9,12H,5-8H2,1-4H3;1-2H3. The first-order valence-electron chi connectivity index (χ1n) is 6.58. The van der Waals surface area contributed by atoms with Gasteiger partial charge in [0.05, 0.1) is 0 Å². The van der Waals surface area contributed by atoms with E-state index in [2.05, 4.69) is 5.32 Å². The number of carbonyl (C=O) groups excluding carboxylic acids is 1. The van der Waals surface area contributed by atoms with Crippen molar-refractivity contribution in [3.63, 3.8) is 0 Å². The average Bonchev–Trinajstić information content (AvgIpc) is 2.67. The van der Waals surface area contributed by atoms with Crippen molar-refractivity contribution in [1.82, 2.24) is 10.2 Å². The first kappa shape index (κ1) is 16.2. The molecule has 17 heavy (non-hydrogen) atoms. The number of hydrogen-bond acceptors (Lipinski definition) is 3. The Morgan fingerprint density at radius 2 is 2.00 bits per heavy atom. The molecule has 1 aliphatic rings. The fraction of sp³-hybridized carbons (Fsp3) is 0.923. The molecule has 0 aromatic carbocycles. The Balaban J connectivity index is 0.00000121. The molecule has 0 saturated carbocycles. The lowest BCUT2D eigenvalue weighted by Crippen LogP contribution is -2.43. The van der Waals surface area contributed by atoms with E-state index in [0.29, 0.717) is 6.04 Å². The lowest BCUT2D eigenvalue weighted by molar-refractivity contribution is 0.0228. The lowest BCUT2D eigenvalue weighted by Gasteiger charge is -2.28. The van der Waals surface area contributed by atoms with E-state index in [4.69, 9.17) is 4.74 Å². The van der Waals surface area contributed by atoms with Gasteiger partial charge in [-0.25, -0.2) is 4.79 Å². The molecule has 1 saturated heterocycles. The fourth-order valence-electron chi connectivity index (χ4n) is 1.84. The molecule has 1 unspecified atom stereocenters. The van der Waals surface area contributed by atoms with Gasteiger partial charge in [0.25, 0.3) is 0 Å². The smallest absolute Gasteiger partial charge is 0.410 e. The number of likely N-dealkylation sites (tertiary alicyclic amines) is 1. The maximum atomic E-state index is 11.8. The summed E-state index contributed by atoms with van der Waals surface area (Å²) in [7, 11) is 1.91. The van der Waals surface area contributed by atoms with E-state index >= 15 is 0 Å². The van der Waals surface area contributed by atoms with Crippen molar-refractivity contribution in [2.24, 2.45) is 0 Å². The van der Waals surface area contributed by atoms with E-state index in [1.807, 2.05) is 46.6 Å². The summed E-state index contributed by atoms with van der Waals surface area (Å²) >= 11 is 0. The van der Waals surface area contributed by atoms with Crippen LogP contribution in [0.25, 0.3) is 0 Å². The highest BCUT2D eigenvalue weighted by atomic mass is 16.6. The number of nitrogens with zero attached hydrogens (tertiary/aromatic N) is 1. The normalized spacial score (nSPS) is 19.6. The molecule has 4 nitrogen and oxygen atoms in total. The Morgan fingerprint density at radius 1 is 1.41 bits per heavy atom. The maximum absolute atomic E-state index is 11.8. The predicted octanol–water partition coefficient (Wildman–Crippen LogP) is 2.63. The highest BCUT2D eigenvalue weighted by Gasteiger charge is 2.31. The second-order valence-electron chi connectivity index (χ2n) is 5.03. The van der Waals surface area contributed by atoms with Gasteiger partial charge in [-0.3, -0.25) is 0 Å². The summed E-state index contributed by atoms with van der Waals surface area (Å²) in [6.45, 7) is 11.4. The minimum Gasteiger partial charge on any atom is -0.444 e. The van der Waals surface area contributed by atoms with Gasteiger partial charge in [-0.15, -0.1) is 0 Å². The van der Waals surface area contributed by atoms with Gasteiger partial charge in [-0.05, 0) is 40.7 Å². The molecule has 1 rings (SSSR count). The van der Waals surface area contributed by atoms with Crippen LogP contribution in [-0.4, -0.2) is 42.8 Å². The molecule has 0 radical (unpaired) electrons. The number of ether oxygens (including phenoxy) is 1. The first-order valence-corrected chi connectivity index (χ1v) is 6.58. The molecule has 1 atom stereocenters. The minimum absolute atomic E-state index is 0.180. The van der Waals surface area contributed by atoms with Crippen LogP contribution < -0.4 is 5.32 Å². The number of nitrogens with one attached hydrogen (secondary N) is 1. The highest BCUT2D eigenvalue weighted by molar-refractivity contribution is 5.69. The Bertz CT molecular complexity index is 224. The van der Waals surface area contributed by atoms with E-state index in [9.17, 15) is 4.79 Å². The van der Waals surface area contributed by atoms with Crippen molar-refractivity contribution in [3.05, 3.63) is 0 Å². The van der Waals surface area contributed by atoms with Gasteiger partial charge in [-0.1, -0.05) is 13.8 Å². The first-order chi connectivity index (χ1) is 7.94. The van der Waals surface area contributed by atoms with E-state index in [1.165, 1.54) is 0 Å². The van der Waals surface area contributed by atoms with Crippen LogP contribution in [0.5, 0.6) is 0 Å². The molecule has 0 aliphatic carbocycles. The van der Waals surface area contributed by atoms with Gasteiger partial charge in [0.2, 0.25) is 0 Å². The topological polar surface area (TPSA) is 41.6 Å². The number of likely N-dealkylation sites (N-methyl/N-ethyl adjacent to an activating group) is 1. The summed E-state index contributed by atoms with van der Waals surface area (Å²) in [6, 6.07) is 0.296. The highest BCUT2D eigenvalue weighted by Crippen LogP contribution is 2.20. The Labute approximate surface area is 106 Å². The summed E-state index contributed by atoms with van der Waals surface area (Å²) in [5.41, 5.74) is -0.399. The zero-order valence-corrected chi connectivity index (χ0v) is 12.2. The van der Waals surface area contributed by atoms with Gasteiger partial charge < -0.3 is 15.0 Å². The summed E-state index contributed by atoms with van der Waals surface area (Å²) < 4.78 is 5.36. The predicted molar refractivity (Wildman–Crippen MR) is 71.2 cm³/mol. The molecular formula is C13H28N2O2. The van der Waals surface area contributed by atoms with Crippen molar-refractivity contribution in [1.29, 1.82) is 0 Å². The summed E-state index contributed by atoms with van der Waals surface area (Å²) in [6.07, 6.45) is 1.96. The molecule has 0 aromatic rings. The summed E-state index contributed by atoms with van der Waals surface area (Å²) in [4.78, 5) is 13.7. The van der Waals surface area contributed by atoms with Gasteiger partial charge >= 0.3 is 6.09 Å². The Hall–Kier alpha value is -0.770. The van der Waals surface area contributed by atoms with Crippen LogP contribution in [0.1, 0.15) is 47.5 Å². The lowest BCUT2D eigenvalue weighted by atomic mass is 10.2. The second kappa shape index (κ2) is 7.54. The van der Waals surface area contributed by atoms with Crippen LogP contribution >= 0.6 is 0 Å². The van der Waals surface area contributed by atoms with Crippen molar-refractivity contribution < 1.29 is 9.53 Å². The monoisotopic (exact) mass is 244 g/mol. The fourth-order valence-corrected chi connectivity index (χ4v) is 1.84. The summed E-state index contributed by atoms with van der Waals surface area (Å²) in [5.74, 6) is 0. The van der Waals surface area contributed by atoms with Crippen molar-refractivity contribution in [2.75, 3.05) is 20.1 Å². The molecule has 102 valence electrons. The number of rotatable bonds is 2. The number of carbonyl (C=O) groups is 1. The zero-order chi connectivity index (χ0) is 13.5. The average molecular weight is 244 g/mol. The van der Waals surface area contributed by atoms with Crippen LogP contribution in [0.4, 0.5) is 4.79 Å². The van der Waals surface area contributed by atoms with Crippen molar-refractivity contribution in [3.8, 4) is 0 Å². The third-order valence-corrected chi connectivity index (χ3v) is 2.44. The van der Waals surface area contributed by atoms with E-state index in [0.717, 1.165) is 25.9 Å². The molecular weight excluding hydrogens is 216 g/mol. The van der Waals surface area contributed by atoms with Crippen LogP contribution in [0.15, 0.2) is 0 Å². The van der Waals surface area contributed by atoms with Crippen LogP contribution in [-0.2, 0) is 4.74 Å². The Kier molecular flexibility index (Phi) is 7.19. The number of hydrogen-bond donors (Lipinski definition) is 1. The van der Waals surface area contributed by atoms with Crippen LogP contribution in [0.3, 0.4) is 0 Å². The maximum Gasteiger partial charge on any atom is 0.410 e.